The van der Waals surface area contributed by atoms with E-state index in [1.807, 2.05) is 0 Å². The molecule has 0 radical (unpaired) electrons. The third-order valence-electron chi connectivity index (χ3n) is 17.1. The van der Waals surface area contributed by atoms with E-state index in [1.165, 1.54) is 283 Å². The first-order chi connectivity index (χ1) is 41.1. The van der Waals surface area contributed by atoms with Gasteiger partial charge in [-0.15, -0.1) is 0 Å². The van der Waals surface area contributed by atoms with E-state index >= 15 is 0 Å². The van der Waals surface area contributed by atoms with Crippen LogP contribution in [-0.2, 0) is 33.2 Å². The van der Waals surface area contributed by atoms with Crippen molar-refractivity contribution in [3.8, 4) is 0 Å². The van der Waals surface area contributed by atoms with E-state index in [0.29, 0.717) is 13.2 Å². The molecule has 83 heavy (non-hydrogen) atoms. The van der Waals surface area contributed by atoms with Gasteiger partial charge in [0.15, 0.2) is 25.1 Å². The van der Waals surface area contributed by atoms with Gasteiger partial charge in [0, 0.05) is 12.8 Å². The van der Waals surface area contributed by atoms with Crippen molar-refractivity contribution in [3.05, 3.63) is 23.0 Å². The van der Waals surface area contributed by atoms with Crippen LogP contribution in [0.15, 0.2) is 23.0 Å². The van der Waals surface area contributed by atoms with E-state index in [1.54, 1.807) is 0 Å². The topological polar surface area (TPSA) is 64.6 Å². The zero-order valence-electron chi connectivity index (χ0n) is 57.9. The number of unbranched alkanes of at least 4 members (excludes halogenated alkanes) is 44. The zero-order valence-corrected chi connectivity index (χ0v) is 57.9. The predicted molar refractivity (Wildman–Crippen MR) is 362 cm³/mol. The van der Waals surface area contributed by atoms with Crippen LogP contribution in [0.2, 0.25) is 0 Å². The molecule has 7 nitrogen and oxygen atoms in total. The summed E-state index contributed by atoms with van der Waals surface area (Å²) in [5.74, 6) is 3.98. The van der Waals surface area contributed by atoms with Crippen molar-refractivity contribution in [2.75, 3.05) is 40.0 Å². The number of hydrogen-bond donors (Lipinski definition) is 0. The van der Waals surface area contributed by atoms with Crippen LogP contribution in [0.25, 0.3) is 0 Å². The van der Waals surface area contributed by atoms with Crippen LogP contribution in [0.5, 0.6) is 0 Å². The van der Waals surface area contributed by atoms with Gasteiger partial charge in [0.1, 0.15) is 23.7 Å². The Hall–Kier alpha value is -1.44. The molecular weight excluding hydrogens is 1020 g/mol. The molecule has 7 heteroatoms. The van der Waals surface area contributed by atoms with E-state index in [4.69, 9.17) is 33.2 Å². The van der Waals surface area contributed by atoms with Gasteiger partial charge in [0.2, 0.25) is 0 Å². The molecule has 2 unspecified atom stereocenters. The molecule has 2 atom stereocenters. The monoisotopic (exact) mass is 1180 g/mol. The fraction of sp³-hybridized carbons (Fsp3) is 0.947. The highest BCUT2D eigenvalue weighted by atomic mass is 16.7. The Kier molecular flexibility index (Phi) is 68.4. The van der Waals surface area contributed by atoms with E-state index in [0.717, 1.165) is 113 Å². The van der Waals surface area contributed by atoms with Crippen molar-refractivity contribution in [1.82, 2.24) is 0 Å². The highest BCUT2D eigenvalue weighted by molar-refractivity contribution is 5.09. The first-order valence-electron chi connectivity index (χ1n) is 37.9. The van der Waals surface area contributed by atoms with Crippen LogP contribution < -0.4 is 0 Å². The van der Waals surface area contributed by atoms with Crippen molar-refractivity contribution in [3.63, 3.8) is 0 Å². The van der Waals surface area contributed by atoms with Gasteiger partial charge in [0.05, 0.1) is 26.4 Å². The van der Waals surface area contributed by atoms with Crippen LogP contribution >= 0.6 is 0 Å². The molecule has 0 aliphatic carbocycles. The van der Waals surface area contributed by atoms with E-state index < -0.39 is 0 Å². The quantitative estimate of drug-likeness (QED) is 0.0342. The average Bonchev–Trinajstić information content (AvgIpc) is 3.56. The molecule has 496 valence electrons. The molecule has 0 aromatic carbocycles. The smallest absolute Gasteiger partial charge is 0.162 e. The minimum Gasteiger partial charge on any atom is -0.494 e. The normalized spacial score (nSPS) is 13.1. The Morgan fingerprint density at radius 2 is 0.422 bits per heavy atom. The molecule has 0 bridgehead atoms. The van der Waals surface area contributed by atoms with Crippen molar-refractivity contribution in [2.45, 2.75) is 427 Å². The van der Waals surface area contributed by atoms with Gasteiger partial charge in [-0.05, 0) is 51.4 Å². The molecule has 0 amide bonds. The lowest BCUT2D eigenvalue weighted by Crippen LogP contribution is -2.25. The predicted octanol–water partition coefficient (Wildman–Crippen LogP) is 26.2. The van der Waals surface area contributed by atoms with E-state index in [-0.39, 0.29) is 25.8 Å². The van der Waals surface area contributed by atoms with Gasteiger partial charge in [0.25, 0.3) is 0 Å². The first kappa shape index (κ1) is 81.6. The molecule has 0 aliphatic rings. The minimum atomic E-state index is -0.223. The number of ether oxygens (including phenoxy) is 7. The maximum atomic E-state index is 7.02. The lowest BCUT2D eigenvalue weighted by molar-refractivity contribution is -0.167. The number of allylic oxidation sites excluding steroid dienone is 2. The Labute approximate surface area is 521 Å². The lowest BCUT2D eigenvalue weighted by Gasteiger charge is -2.26. The minimum absolute atomic E-state index is 0.146. The van der Waals surface area contributed by atoms with Crippen molar-refractivity contribution >= 4 is 0 Å². The zero-order chi connectivity index (χ0) is 60.3. The van der Waals surface area contributed by atoms with Crippen LogP contribution in [-0.4, -0.2) is 52.2 Å². The largest absolute Gasteiger partial charge is 0.494 e. The summed E-state index contributed by atoms with van der Waals surface area (Å²) >= 11 is 0. The molecule has 0 aromatic rings. The molecule has 0 heterocycles. The van der Waals surface area contributed by atoms with Crippen LogP contribution in [0, 0.1) is 0 Å². The standard InChI is InChI=1S/C76H150O7/c1-9-17-25-33-37-39-41-43-47-53-61-71(78-65-57-49-29-21-13-5)75(80-67-59-51-31-23-15-7)73(63-55-45-35-27-19-11-3)82-69-77-70-83-74(64-56-46-36-28-20-12-4)76(81-68-60-52-32-24-16-8)72(79-66-58-50-30-22-14-6)62-54-48-44-42-40-38-34-26-18-10-2/h73-74H,9-70H2,1-8H3. The summed E-state index contributed by atoms with van der Waals surface area (Å²) in [6, 6.07) is 0. The third-order valence-corrected chi connectivity index (χ3v) is 17.1. The molecule has 0 fully saturated rings. The Bertz CT molecular complexity index is 1200. The average molecular weight is 1180 g/mol. The number of hydrogen-bond acceptors (Lipinski definition) is 7. The second kappa shape index (κ2) is 69.7. The van der Waals surface area contributed by atoms with E-state index in [2.05, 4.69) is 55.4 Å². The molecule has 0 rings (SSSR count). The van der Waals surface area contributed by atoms with Gasteiger partial charge in [-0.25, -0.2) is 0 Å². The van der Waals surface area contributed by atoms with Gasteiger partial charge in [-0.2, -0.15) is 0 Å². The van der Waals surface area contributed by atoms with Crippen molar-refractivity contribution in [2.24, 2.45) is 0 Å². The Balaban J connectivity index is 6.98. The fourth-order valence-electron chi connectivity index (χ4n) is 11.5. The summed E-state index contributed by atoms with van der Waals surface area (Å²) < 4.78 is 48.4. The summed E-state index contributed by atoms with van der Waals surface area (Å²) in [7, 11) is 0. The summed E-state index contributed by atoms with van der Waals surface area (Å²) in [5, 5.41) is 0. The molecule has 0 aliphatic heterocycles. The Morgan fingerprint density at radius 3 is 0.675 bits per heavy atom. The molecule has 0 saturated carbocycles. The summed E-state index contributed by atoms with van der Waals surface area (Å²) in [5.41, 5.74) is 0. The highest BCUT2D eigenvalue weighted by Gasteiger charge is 2.26. The molecular formula is C76H150O7. The molecule has 0 spiro atoms. The van der Waals surface area contributed by atoms with Crippen LogP contribution in [0.1, 0.15) is 415 Å². The SMILES string of the molecule is CCCCCCCCCCCCC(OCCCCCCC)=C(OCCCCCCC)C(CCCCCCCC)OCOCOC(CCCCCCCC)C(OCCCCCCC)=C(CCCCCCCCCCCC)OCCCCCCC. The second-order valence-corrected chi connectivity index (χ2v) is 25.4. The Morgan fingerprint density at radius 1 is 0.217 bits per heavy atom. The van der Waals surface area contributed by atoms with E-state index in [9.17, 15) is 0 Å². The molecule has 0 saturated heterocycles. The van der Waals surface area contributed by atoms with Gasteiger partial charge in [-0.3, -0.25) is 0 Å². The maximum Gasteiger partial charge on any atom is 0.162 e. The first-order valence-corrected chi connectivity index (χ1v) is 37.9. The second-order valence-electron chi connectivity index (χ2n) is 25.4. The van der Waals surface area contributed by atoms with Gasteiger partial charge >= 0.3 is 0 Å². The van der Waals surface area contributed by atoms with Gasteiger partial charge in [-0.1, -0.05) is 351 Å². The summed E-state index contributed by atoms with van der Waals surface area (Å²) in [4.78, 5) is 0. The number of rotatable bonds is 72. The molecule has 0 N–H and O–H groups in total. The maximum absolute atomic E-state index is 7.02. The van der Waals surface area contributed by atoms with Gasteiger partial charge < -0.3 is 33.2 Å². The van der Waals surface area contributed by atoms with Crippen LogP contribution in [0.3, 0.4) is 0 Å². The summed E-state index contributed by atoms with van der Waals surface area (Å²) in [6.07, 6.45) is 68.8. The van der Waals surface area contributed by atoms with Crippen molar-refractivity contribution < 1.29 is 33.2 Å². The van der Waals surface area contributed by atoms with Crippen molar-refractivity contribution in [1.29, 1.82) is 0 Å². The summed E-state index contributed by atoms with van der Waals surface area (Å²) in [6.45, 7) is 21.6. The fourth-order valence-corrected chi connectivity index (χ4v) is 11.5. The highest BCUT2D eigenvalue weighted by Crippen LogP contribution is 2.29. The third kappa shape index (κ3) is 55.6. The lowest BCUT2D eigenvalue weighted by atomic mass is 10.0. The molecule has 0 aromatic heterocycles. The van der Waals surface area contributed by atoms with Crippen LogP contribution in [0.4, 0.5) is 0 Å².